The first-order valence-corrected chi connectivity index (χ1v) is 9.32. The number of aryl methyl sites for hydroxylation is 2. The zero-order valence-corrected chi connectivity index (χ0v) is 15.2. The number of rotatable bonds is 4. The molecule has 0 bridgehead atoms. The monoisotopic (exact) mass is 366 g/mol. The van der Waals surface area contributed by atoms with Gasteiger partial charge in [-0.15, -0.1) is 0 Å². The molecule has 4 heteroatoms. The Labute approximate surface area is 163 Å². The molecule has 28 heavy (non-hydrogen) atoms. The van der Waals surface area contributed by atoms with Gasteiger partial charge < -0.3 is 4.74 Å². The number of hydrogen-bond donors (Lipinski definition) is 0. The lowest BCUT2D eigenvalue weighted by atomic mass is 9.99. The van der Waals surface area contributed by atoms with Crippen LogP contribution in [0.4, 0.5) is 0 Å². The second-order valence-corrected chi connectivity index (χ2v) is 6.78. The number of ether oxygens (including phenoxy) is 1. The number of hydrogen-bond acceptors (Lipinski definition) is 3. The van der Waals surface area contributed by atoms with Crippen molar-refractivity contribution in [3.8, 4) is 33.9 Å². The average Bonchev–Trinajstić information content (AvgIpc) is 3.05. The highest BCUT2D eigenvalue weighted by Gasteiger charge is 2.27. The normalized spacial score (nSPS) is 11.6. The average molecular weight is 366 g/mol. The largest absolute Gasteiger partial charge is 0.456 e. The van der Waals surface area contributed by atoms with Gasteiger partial charge in [0.25, 0.3) is 0 Å². The Morgan fingerprint density at radius 3 is 2.21 bits per heavy atom. The summed E-state index contributed by atoms with van der Waals surface area (Å²) in [5.41, 5.74) is 5.21. The highest BCUT2D eigenvalue weighted by molar-refractivity contribution is 5.97. The van der Waals surface area contributed by atoms with Crippen molar-refractivity contribution >= 4 is 6.29 Å². The van der Waals surface area contributed by atoms with Gasteiger partial charge in [-0.2, -0.15) is 5.10 Å². The number of aromatic nitrogens is 2. The molecule has 0 saturated heterocycles. The molecule has 0 spiro atoms. The van der Waals surface area contributed by atoms with Crippen LogP contribution in [0.15, 0.2) is 78.9 Å². The van der Waals surface area contributed by atoms with E-state index in [1.165, 1.54) is 5.56 Å². The molecule has 0 N–H and O–H groups in total. The summed E-state index contributed by atoms with van der Waals surface area (Å²) in [6.07, 6.45) is 1.71. The van der Waals surface area contributed by atoms with Crippen LogP contribution in [0, 0.1) is 0 Å². The molecule has 1 aliphatic heterocycles. The van der Waals surface area contributed by atoms with Crippen molar-refractivity contribution in [2.75, 3.05) is 0 Å². The summed E-state index contributed by atoms with van der Waals surface area (Å²) in [5, 5.41) is 4.84. The van der Waals surface area contributed by atoms with Gasteiger partial charge in [0, 0.05) is 23.2 Å². The van der Waals surface area contributed by atoms with E-state index < -0.39 is 0 Å². The predicted octanol–water partition coefficient (Wildman–Crippen LogP) is 5.38. The van der Waals surface area contributed by atoms with E-state index in [4.69, 9.17) is 9.84 Å². The van der Waals surface area contributed by atoms with E-state index >= 15 is 0 Å². The van der Waals surface area contributed by atoms with Crippen molar-refractivity contribution in [2.45, 2.75) is 13.0 Å². The Morgan fingerprint density at radius 2 is 1.46 bits per heavy atom. The van der Waals surface area contributed by atoms with Crippen molar-refractivity contribution in [2.24, 2.45) is 0 Å². The Hall–Kier alpha value is -3.66. The number of benzene rings is 3. The number of carbonyl (C=O) groups is 1. The van der Waals surface area contributed by atoms with Gasteiger partial charge in [-0.1, -0.05) is 60.7 Å². The fourth-order valence-electron chi connectivity index (χ4n) is 3.73. The Balaban J connectivity index is 1.68. The summed E-state index contributed by atoms with van der Waals surface area (Å²) >= 11 is 0. The SMILES string of the molecule is O=Cc1c2c(nn1CCc1ccccc1)-c1ccccc1Oc1ccccc1-2. The van der Waals surface area contributed by atoms with E-state index in [9.17, 15) is 4.79 Å². The molecule has 0 fully saturated rings. The number of fused-ring (bicyclic) bond motifs is 5. The van der Waals surface area contributed by atoms with Crippen molar-refractivity contribution in [3.63, 3.8) is 0 Å². The molecule has 1 aliphatic rings. The molecule has 0 radical (unpaired) electrons. The number of para-hydroxylation sites is 2. The van der Waals surface area contributed by atoms with Gasteiger partial charge in [-0.3, -0.25) is 9.48 Å². The van der Waals surface area contributed by atoms with E-state index in [1.807, 2.05) is 71.4 Å². The molecule has 5 rings (SSSR count). The summed E-state index contributed by atoms with van der Waals surface area (Å²) in [4.78, 5) is 12.1. The highest BCUT2D eigenvalue weighted by atomic mass is 16.5. The zero-order chi connectivity index (χ0) is 18.9. The number of aldehydes is 1. The second kappa shape index (κ2) is 6.82. The van der Waals surface area contributed by atoms with E-state index in [1.54, 1.807) is 0 Å². The molecule has 4 aromatic rings. The first-order chi connectivity index (χ1) is 13.8. The van der Waals surface area contributed by atoms with Gasteiger partial charge in [-0.05, 0) is 30.2 Å². The van der Waals surface area contributed by atoms with Gasteiger partial charge in [0.15, 0.2) is 6.29 Å². The topological polar surface area (TPSA) is 44.1 Å². The minimum Gasteiger partial charge on any atom is -0.456 e. The van der Waals surface area contributed by atoms with Gasteiger partial charge in [0.1, 0.15) is 22.9 Å². The smallest absolute Gasteiger partial charge is 0.168 e. The van der Waals surface area contributed by atoms with E-state index in [0.717, 1.165) is 46.6 Å². The third-order valence-corrected chi connectivity index (χ3v) is 5.08. The second-order valence-electron chi connectivity index (χ2n) is 6.78. The van der Waals surface area contributed by atoms with Crippen LogP contribution >= 0.6 is 0 Å². The van der Waals surface area contributed by atoms with Crippen molar-refractivity contribution in [1.29, 1.82) is 0 Å². The van der Waals surface area contributed by atoms with E-state index in [0.29, 0.717) is 12.2 Å². The molecule has 3 aromatic carbocycles. The Bertz CT molecular complexity index is 1160. The molecule has 0 amide bonds. The summed E-state index contributed by atoms with van der Waals surface area (Å²) < 4.78 is 7.97. The van der Waals surface area contributed by atoms with Crippen LogP contribution in [-0.4, -0.2) is 16.1 Å². The van der Waals surface area contributed by atoms with Crippen LogP contribution in [0.1, 0.15) is 16.1 Å². The molecule has 4 nitrogen and oxygen atoms in total. The maximum absolute atomic E-state index is 12.1. The van der Waals surface area contributed by atoms with Crippen LogP contribution in [0.2, 0.25) is 0 Å². The van der Waals surface area contributed by atoms with Gasteiger partial charge in [-0.25, -0.2) is 0 Å². The van der Waals surface area contributed by atoms with Crippen LogP contribution in [-0.2, 0) is 13.0 Å². The van der Waals surface area contributed by atoms with Crippen LogP contribution in [0.25, 0.3) is 22.4 Å². The zero-order valence-electron chi connectivity index (χ0n) is 15.2. The van der Waals surface area contributed by atoms with Gasteiger partial charge >= 0.3 is 0 Å². The molecular weight excluding hydrogens is 348 g/mol. The third kappa shape index (κ3) is 2.70. The van der Waals surface area contributed by atoms with E-state index in [-0.39, 0.29) is 0 Å². The lowest BCUT2D eigenvalue weighted by Gasteiger charge is -2.10. The summed E-state index contributed by atoms with van der Waals surface area (Å²) in [6, 6.07) is 25.9. The van der Waals surface area contributed by atoms with Crippen LogP contribution in [0.5, 0.6) is 11.5 Å². The quantitative estimate of drug-likeness (QED) is 0.401. The Morgan fingerprint density at radius 1 is 0.821 bits per heavy atom. The highest BCUT2D eigenvalue weighted by Crippen LogP contribution is 2.47. The third-order valence-electron chi connectivity index (χ3n) is 5.08. The summed E-state index contributed by atoms with van der Waals surface area (Å²) in [6.45, 7) is 0.635. The number of carbonyl (C=O) groups excluding carboxylic acids is 1. The van der Waals surface area contributed by atoms with Gasteiger partial charge in [0.2, 0.25) is 0 Å². The standard InChI is InChI=1S/C24H18N2O2/c27-16-20-23-18-10-4-6-12-21(18)28-22-13-7-5-11-19(22)24(23)25-26(20)15-14-17-8-2-1-3-9-17/h1-13,16H,14-15H2. The summed E-state index contributed by atoms with van der Waals surface area (Å²) in [7, 11) is 0. The van der Waals surface area contributed by atoms with Crippen molar-refractivity contribution < 1.29 is 9.53 Å². The van der Waals surface area contributed by atoms with Crippen molar-refractivity contribution in [1.82, 2.24) is 9.78 Å². The van der Waals surface area contributed by atoms with Crippen LogP contribution < -0.4 is 4.74 Å². The molecule has 0 aliphatic carbocycles. The molecule has 136 valence electrons. The molecule has 2 heterocycles. The molecule has 0 saturated carbocycles. The first-order valence-electron chi connectivity index (χ1n) is 9.32. The molecule has 0 atom stereocenters. The van der Waals surface area contributed by atoms with Crippen LogP contribution in [0.3, 0.4) is 0 Å². The summed E-state index contributed by atoms with van der Waals surface area (Å²) in [5.74, 6) is 1.48. The minimum absolute atomic E-state index is 0.582. The predicted molar refractivity (Wildman–Crippen MR) is 109 cm³/mol. The van der Waals surface area contributed by atoms with Crippen molar-refractivity contribution in [3.05, 3.63) is 90.1 Å². The lowest BCUT2D eigenvalue weighted by molar-refractivity contribution is 0.111. The molecular formula is C24H18N2O2. The first kappa shape index (κ1) is 16.5. The Kier molecular flexibility index (Phi) is 4.02. The van der Waals surface area contributed by atoms with E-state index in [2.05, 4.69) is 12.1 Å². The molecule has 0 unspecified atom stereocenters. The van der Waals surface area contributed by atoms with Gasteiger partial charge in [0.05, 0.1) is 0 Å². The molecule has 1 aromatic heterocycles. The number of nitrogens with zero attached hydrogens (tertiary/aromatic N) is 2. The fourth-order valence-corrected chi connectivity index (χ4v) is 3.73. The minimum atomic E-state index is 0.582. The lowest BCUT2D eigenvalue weighted by Crippen LogP contribution is -2.07. The fraction of sp³-hybridized carbons (Fsp3) is 0.0833. The maximum Gasteiger partial charge on any atom is 0.168 e. The maximum atomic E-state index is 12.1.